The van der Waals surface area contributed by atoms with E-state index < -0.39 is 39.5 Å². The van der Waals surface area contributed by atoms with Crippen LogP contribution in [-0.2, 0) is 25.2 Å². The minimum absolute atomic E-state index is 0.0161. The molecular formula is C30H33ClN4O9S. The Bertz CT molecular complexity index is 1770. The minimum Gasteiger partial charge on any atom is -0.497 e. The molecule has 5 rings (SSSR count). The number of pyridine rings is 1. The van der Waals surface area contributed by atoms with Crippen LogP contribution in [0.5, 0.6) is 23.3 Å². The molecule has 0 saturated carbocycles. The molecule has 2 aromatic carbocycles. The van der Waals surface area contributed by atoms with Crippen molar-refractivity contribution in [1.29, 1.82) is 0 Å². The lowest BCUT2D eigenvalue weighted by Crippen LogP contribution is -2.59. The van der Waals surface area contributed by atoms with E-state index in [0.29, 0.717) is 10.1 Å². The Labute approximate surface area is 265 Å². The second-order valence-corrected chi connectivity index (χ2v) is 12.9. The number of aromatic nitrogens is 1. The summed E-state index contributed by atoms with van der Waals surface area (Å²) in [6, 6.07) is 10.4. The molecule has 0 aliphatic carbocycles. The lowest BCUT2D eigenvalue weighted by atomic mass is 9.81. The monoisotopic (exact) mass is 660 g/mol. The maximum atomic E-state index is 15.3. The number of aliphatic hydroxyl groups excluding tert-OH is 1. The largest absolute Gasteiger partial charge is 0.497 e. The Balaban J connectivity index is 1.88. The SMILES string of the molecule is COc1ccc(S(=O)(=O)N2C(=O)C(c3ccc(OC)nc3OC)(N3C[C@H](O)C[C@H]3C(=O)N(C)C)c3cc(Cl)ccc32)c(OC)c1. The lowest BCUT2D eigenvalue weighted by molar-refractivity contribution is -0.138. The van der Waals surface area contributed by atoms with Crippen LogP contribution in [0.2, 0.25) is 5.02 Å². The molecule has 3 heterocycles. The van der Waals surface area contributed by atoms with Crippen molar-refractivity contribution in [2.75, 3.05) is 53.4 Å². The first-order valence-electron chi connectivity index (χ1n) is 13.7. The van der Waals surface area contributed by atoms with E-state index >= 15 is 4.79 Å². The molecule has 13 nitrogen and oxygen atoms in total. The van der Waals surface area contributed by atoms with E-state index in [1.807, 2.05) is 0 Å². The summed E-state index contributed by atoms with van der Waals surface area (Å²) < 4.78 is 51.4. The smallest absolute Gasteiger partial charge is 0.274 e. The minimum atomic E-state index is -4.70. The van der Waals surface area contributed by atoms with Crippen molar-refractivity contribution < 1.29 is 42.1 Å². The fraction of sp³-hybridized carbons (Fsp3) is 0.367. The number of rotatable bonds is 9. The number of aliphatic hydroxyl groups is 1. The third-order valence-electron chi connectivity index (χ3n) is 8.01. The Morgan fingerprint density at radius 2 is 1.73 bits per heavy atom. The summed E-state index contributed by atoms with van der Waals surface area (Å²) >= 11 is 6.53. The molecule has 0 bridgehead atoms. The highest BCUT2D eigenvalue weighted by molar-refractivity contribution is 7.93. The molecule has 2 aliphatic rings. The molecule has 1 N–H and O–H groups in total. The molecule has 3 aromatic rings. The molecule has 0 radical (unpaired) electrons. The van der Waals surface area contributed by atoms with Gasteiger partial charge in [-0.3, -0.25) is 14.5 Å². The highest BCUT2D eigenvalue weighted by Crippen LogP contribution is 2.55. The van der Waals surface area contributed by atoms with Gasteiger partial charge in [-0.1, -0.05) is 11.6 Å². The van der Waals surface area contributed by atoms with Gasteiger partial charge in [-0.25, -0.2) is 12.7 Å². The zero-order valence-corrected chi connectivity index (χ0v) is 27.0. The third-order valence-corrected chi connectivity index (χ3v) is 9.98. The first kappa shape index (κ1) is 32.3. The van der Waals surface area contributed by atoms with Crippen LogP contribution >= 0.6 is 11.6 Å². The van der Waals surface area contributed by atoms with Crippen molar-refractivity contribution in [1.82, 2.24) is 14.8 Å². The fourth-order valence-corrected chi connectivity index (χ4v) is 7.82. The molecule has 1 aromatic heterocycles. The Hall–Kier alpha value is -4.11. The summed E-state index contributed by atoms with van der Waals surface area (Å²) in [4.78, 5) is 35.8. The van der Waals surface area contributed by atoms with Crippen molar-refractivity contribution in [3.63, 3.8) is 0 Å². The first-order valence-corrected chi connectivity index (χ1v) is 15.6. The second-order valence-electron chi connectivity index (χ2n) is 10.7. The number of carbonyl (C=O) groups is 2. The number of carbonyl (C=O) groups excluding carboxylic acids is 2. The van der Waals surface area contributed by atoms with Crippen LogP contribution in [-0.4, -0.2) is 101 Å². The van der Waals surface area contributed by atoms with Gasteiger partial charge in [0.2, 0.25) is 17.7 Å². The van der Waals surface area contributed by atoms with E-state index in [-0.39, 0.29) is 57.2 Å². The van der Waals surface area contributed by atoms with E-state index in [9.17, 15) is 18.3 Å². The first-order chi connectivity index (χ1) is 21.4. The number of hydrogen-bond acceptors (Lipinski definition) is 11. The van der Waals surface area contributed by atoms with Crippen molar-refractivity contribution in [2.24, 2.45) is 0 Å². The Morgan fingerprint density at radius 1 is 1.00 bits per heavy atom. The van der Waals surface area contributed by atoms with Gasteiger partial charge in [0.1, 0.15) is 16.4 Å². The molecule has 45 heavy (non-hydrogen) atoms. The average molecular weight is 661 g/mol. The Kier molecular flexibility index (Phi) is 8.61. The van der Waals surface area contributed by atoms with Crippen LogP contribution in [0.1, 0.15) is 17.5 Å². The number of likely N-dealkylation sites (tertiary alicyclic amines) is 1. The quantitative estimate of drug-likeness (QED) is 0.360. The van der Waals surface area contributed by atoms with Gasteiger partial charge >= 0.3 is 0 Å². The normalized spacial score (nSPS) is 21.4. The van der Waals surface area contributed by atoms with E-state index in [2.05, 4.69) is 4.98 Å². The summed E-state index contributed by atoms with van der Waals surface area (Å²) in [6.45, 7) is -0.170. The molecule has 15 heteroatoms. The van der Waals surface area contributed by atoms with Crippen molar-refractivity contribution >= 4 is 39.1 Å². The van der Waals surface area contributed by atoms with Crippen LogP contribution < -0.4 is 23.3 Å². The second kappa shape index (κ2) is 12.0. The molecule has 1 fully saturated rings. The number of sulfonamides is 1. The van der Waals surface area contributed by atoms with Crippen LogP contribution in [0, 0.1) is 0 Å². The average Bonchev–Trinajstić information content (AvgIpc) is 3.54. The third kappa shape index (κ3) is 5.01. The van der Waals surface area contributed by atoms with Crippen LogP contribution in [0.3, 0.4) is 0 Å². The van der Waals surface area contributed by atoms with E-state index in [1.165, 1.54) is 86.8 Å². The number of halogens is 1. The van der Waals surface area contributed by atoms with E-state index in [4.69, 9.17) is 30.5 Å². The molecule has 1 unspecified atom stereocenters. The number of ether oxygens (including phenoxy) is 4. The van der Waals surface area contributed by atoms with Crippen LogP contribution in [0.15, 0.2) is 53.4 Å². The van der Waals surface area contributed by atoms with E-state index in [1.54, 1.807) is 14.1 Å². The number of nitrogens with zero attached hydrogens (tertiary/aromatic N) is 4. The highest BCUT2D eigenvalue weighted by atomic mass is 35.5. The van der Waals surface area contributed by atoms with Gasteiger partial charge in [0.15, 0.2) is 5.54 Å². The summed E-state index contributed by atoms with van der Waals surface area (Å²) in [6.07, 6.45) is -1.05. The standard InChI is InChI=1S/C30H33ClN4O9S/c1-33(2)28(37)23-14-18(36)16-34(23)30(20-9-12-26(43-5)32-27(20)44-6)21-13-17(31)7-10-22(21)35(29(30)38)45(39,40)25-11-8-19(41-3)15-24(25)42-4/h7-13,15,18,23,36H,14,16H2,1-6H3/t18-,23+,30?/m1/s1. The lowest BCUT2D eigenvalue weighted by Gasteiger charge is -2.41. The molecular weight excluding hydrogens is 628 g/mol. The summed E-state index contributed by atoms with van der Waals surface area (Å²) in [5.41, 5.74) is -1.82. The van der Waals surface area contributed by atoms with Gasteiger partial charge in [-0.2, -0.15) is 4.98 Å². The van der Waals surface area contributed by atoms with Crippen molar-refractivity contribution in [2.45, 2.75) is 29.0 Å². The number of hydrogen-bond donors (Lipinski definition) is 1. The number of fused-ring (bicyclic) bond motifs is 1. The highest BCUT2D eigenvalue weighted by Gasteiger charge is 2.64. The van der Waals surface area contributed by atoms with Gasteiger partial charge in [0.25, 0.3) is 15.9 Å². The topological polar surface area (TPSA) is 148 Å². The molecule has 0 spiro atoms. The predicted molar refractivity (Wildman–Crippen MR) is 164 cm³/mol. The van der Waals surface area contributed by atoms with Crippen LogP contribution in [0.4, 0.5) is 5.69 Å². The molecule has 2 aliphatic heterocycles. The number of amides is 2. The zero-order chi connectivity index (χ0) is 32.8. The van der Waals surface area contributed by atoms with Crippen molar-refractivity contribution in [3.05, 3.63) is 64.7 Å². The van der Waals surface area contributed by atoms with Gasteiger partial charge in [0.05, 0.1) is 46.3 Å². The molecule has 240 valence electrons. The number of likely N-dealkylation sites (N-methyl/N-ethyl adjacent to an activating group) is 1. The van der Waals surface area contributed by atoms with Gasteiger partial charge in [-0.15, -0.1) is 0 Å². The molecule has 1 saturated heterocycles. The van der Waals surface area contributed by atoms with Crippen molar-refractivity contribution in [3.8, 4) is 23.3 Å². The number of methoxy groups -OCH3 is 4. The van der Waals surface area contributed by atoms with E-state index in [0.717, 1.165) is 0 Å². The molecule has 2 amide bonds. The summed E-state index contributed by atoms with van der Waals surface area (Å²) in [5, 5.41) is 11.2. The zero-order valence-electron chi connectivity index (χ0n) is 25.5. The van der Waals surface area contributed by atoms with Gasteiger partial charge < -0.3 is 29.0 Å². The number of anilines is 1. The maximum absolute atomic E-state index is 15.3. The van der Waals surface area contributed by atoms with Crippen LogP contribution in [0.25, 0.3) is 0 Å². The summed E-state index contributed by atoms with van der Waals surface area (Å²) in [7, 11) is 3.89. The number of benzene rings is 2. The van der Waals surface area contributed by atoms with Gasteiger partial charge in [0, 0.05) is 48.9 Å². The number of β-amino-alcohol motifs (C(OH)–C–C–N with tert-alkyl or cyclic N) is 1. The van der Waals surface area contributed by atoms with Gasteiger partial charge in [-0.05, 0) is 42.8 Å². The molecule has 3 atom stereocenters. The maximum Gasteiger partial charge on any atom is 0.274 e. The summed E-state index contributed by atoms with van der Waals surface area (Å²) in [5.74, 6) is -0.986. The predicted octanol–water partition coefficient (Wildman–Crippen LogP) is 2.27. The fourth-order valence-electron chi connectivity index (χ4n) is 6.05. The Morgan fingerprint density at radius 3 is 2.36 bits per heavy atom.